The molecule has 0 saturated heterocycles. The normalized spacial score (nSPS) is 10.8. The zero-order chi connectivity index (χ0) is 19.5. The van der Waals surface area contributed by atoms with Crippen molar-refractivity contribution in [1.29, 1.82) is 0 Å². The number of rotatable bonds is 5. The second kappa shape index (κ2) is 7.66. The number of nitrogens with zero attached hydrogens (tertiary/aromatic N) is 5. The van der Waals surface area contributed by atoms with E-state index in [4.69, 9.17) is 16.3 Å². The molecule has 0 bridgehead atoms. The second-order valence-corrected chi connectivity index (χ2v) is 6.50. The van der Waals surface area contributed by atoms with E-state index >= 15 is 0 Å². The molecule has 28 heavy (non-hydrogen) atoms. The van der Waals surface area contributed by atoms with Crippen LogP contribution in [0.5, 0.6) is 5.75 Å². The van der Waals surface area contributed by atoms with E-state index in [-0.39, 0.29) is 5.56 Å². The predicted molar refractivity (Wildman–Crippen MR) is 106 cm³/mol. The van der Waals surface area contributed by atoms with Crippen LogP contribution in [0.15, 0.2) is 71.9 Å². The van der Waals surface area contributed by atoms with Crippen LogP contribution >= 0.6 is 11.6 Å². The molecule has 4 rings (SSSR count). The quantitative estimate of drug-likeness (QED) is 0.487. The van der Waals surface area contributed by atoms with Gasteiger partial charge in [-0.2, -0.15) is 0 Å². The molecule has 0 unspecified atom stereocenters. The van der Waals surface area contributed by atoms with Crippen LogP contribution in [0.2, 0.25) is 5.15 Å². The fraction of sp³-hybridized carbons (Fsp3) is 0.100. The molecule has 8 heteroatoms. The van der Waals surface area contributed by atoms with E-state index in [1.165, 1.54) is 10.6 Å². The van der Waals surface area contributed by atoms with Gasteiger partial charge in [0.1, 0.15) is 16.6 Å². The van der Waals surface area contributed by atoms with E-state index < -0.39 is 0 Å². The predicted octanol–water partition coefficient (Wildman–Crippen LogP) is 3.20. The van der Waals surface area contributed by atoms with Crippen LogP contribution in [0.25, 0.3) is 16.9 Å². The fourth-order valence-electron chi connectivity index (χ4n) is 2.78. The lowest BCUT2D eigenvalue weighted by Gasteiger charge is -2.06. The molecule has 0 saturated carbocycles. The Labute approximate surface area is 165 Å². The van der Waals surface area contributed by atoms with Gasteiger partial charge >= 0.3 is 0 Å². The molecule has 1 aromatic carbocycles. The van der Waals surface area contributed by atoms with Crippen molar-refractivity contribution in [2.75, 3.05) is 7.11 Å². The van der Waals surface area contributed by atoms with E-state index in [2.05, 4.69) is 15.3 Å². The number of aromatic nitrogens is 5. The Balaban J connectivity index is 1.60. The van der Waals surface area contributed by atoms with Gasteiger partial charge in [-0.1, -0.05) is 28.9 Å². The highest BCUT2D eigenvalue weighted by Crippen LogP contribution is 2.18. The molecule has 4 aromatic rings. The summed E-state index contributed by atoms with van der Waals surface area (Å²) < 4.78 is 8.42. The number of pyridine rings is 2. The molecule has 0 spiro atoms. The highest BCUT2D eigenvalue weighted by Gasteiger charge is 2.08. The first-order chi connectivity index (χ1) is 13.6. The molecule has 0 atom stereocenters. The van der Waals surface area contributed by atoms with Gasteiger partial charge in [0.15, 0.2) is 0 Å². The van der Waals surface area contributed by atoms with Gasteiger partial charge in [-0.25, -0.2) is 9.67 Å². The van der Waals surface area contributed by atoms with E-state index in [1.807, 2.05) is 30.5 Å². The zero-order valence-corrected chi connectivity index (χ0v) is 15.7. The lowest BCUT2D eigenvalue weighted by molar-refractivity contribution is 0.414. The standard InChI is InChI=1S/C20H16ClN5O2/c1-28-17-6-2-14(3-7-17)11-25-13-18(23-24-25)15-4-9-20(27)26(12-15)16-5-8-19(21)22-10-16/h2-10,12-13H,11H2,1H3. The lowest BCUT2D eigenvalue weighted by atomic mass is 10.2. The second-order valence-electron chi connectivity index (χ2n) is 6.11. The van der Waals surface area contributed by atoms with Crippen LogP contribution < -0.4 is 10.3 Å². The third-order valence-corrected chi connectivity index (χ3v) is 4.46. The number of hydrogen-bond donors (Lipinski definition) is 0. The summed E-state index contributed by atoms with van der Waals surface area (Å²) in [6.07, 6.45) is 5.11. The van der Waals surface area contributed by atoms with Crippen molar-refractivity contribution in [3.05, 3.63) is 88.2 Å². The topological polar surface area (TPSA) is 74.8 Å². The van der Waals surface area contributed by atoms with Crippen LogP contribution in [0.4, 0.5) is 0 Å². The minimum atomic E-state index is -0.168. The highest BCUT2D eigenvalue weighted by molar-refractivity contribution is 6.29. The van der Waals surface area contributed by atoms with E-state index in [9.17, 15) is 4.79 Å². The molecule has 0 radical (unpaired) electrons. The number of halogens is 1. The molecule has 140 valence electrons. The Morgan fingerprint density at radius 1 is 1.04 bits per heavy atom. The maximum absolute atomic E-state index is 12.2. The highest BCUT2D eigenvalue weighted by atomic mass is 35.5. The van der Waals surface area contributed by atoms with Gasteiger partial charge in [0.05, 0.1) is 31.7 Å². The smallest absolute Gasteiger partial charge is 0.255 e. The van der Waals surface area contributed by atoms with Gasteiger partial charge in [-0.15, -0.1) is 5.10 Å². The third kappa shape index (κ3) is 3.79. The van der Waals surface area contributed by atoms with Crippen molar-refractivity contribution < 1.29 is 4.74 Å². The van der Waals surface area contributed by atoms with Crippen LogP contribution in [0.1, 0.15) is 5.56 Å². The lowest BCUT2D eigenvalue weighted by Crippen LogP contribution is -2.16. The molecule has 0 aliphatic carbocycles. The average Bonchev–Trinajstić information content (AvgIpc) is 3.18. The summed E-state index contributed by atoms with van der Waals surface area (Å²) in [5, 5.41) is 8.79. The number of methoxy groups -OCH3 is 1. The van der Waals surface area contributed by atoms with E-state index in [1.54, 1.807) is 42.4 Å². The Bertz CT molecular complexity index is 1150. The molecule has 0 N–H and O–H groups in total. The molecule has 3 heterocycles. The van der Waals surface area contributed by atoms with Crippen LogP contribution in [0, 0.1) is 0 Å². The summed E-state index contributed by atoms with van der Waals surface area (Å²) in [5.41, 5.74) is 2.98. The van der Waals surface area contributed by atoms with Crippen molar-refractivity contribution in [3.8, 4) is 22.7 Å². The maximum atomic E-state index is 12.2. The first-order valence-corrected chi connectivity index (χ1v) is 8.88. The Morgan fingerprint density at radius 3 is 2.57 bits per heavy atom. The maximum Gasteiger partial charge on any atom is 0.255 e. The van der Waals surface area contributed by atoms with Gasteiger partial charge in [-0.3, -0.25) is 9.36 Å². The van der Waals surface area contributed by atoms with Crippen LogP contribution in [0.3, 0.4) is 0 Å². The van der Waals surface area contributed by atoms with Crippen LogP contribution in [-0.4, -0.2) is 31.7 Å². The molecule has 0 fully saturated rings. The van der Waals surface area contributed by atoms with Crippen molar-refractivity contribution in [2.24, 2.45) is 0 Å². The van der Waals surface area contributed by atoms with Gasteiger partial charge in [0.2, 0.25) is 0 Å². The van der Waals surface area contributed by atoms with Crippen LogP contribution in [-0.2, 0) is 6.54 Å². The van der Waals surface area contributed by atoms with Gasteiger partial charge < -0.3 is 4.74 Å². The zero-order valence-electron chi connectivity index (χ0n) is 15.0. The SMILES string of the molecule is COc1ccc(Cn2cc(-c3ccc(=O)n(-c4ccc(Cl)nc4)c3)nn2)cc1. The number of benzene rings is 1. The van der Waals surface area contributed by atoms with Crippen molar-refractivity contribution in [1.82, 2.24) is 24.5 Å². The summed E-state index contributed by atoms with van der Waals surface area (Å²) in [5.74, 6) is 0.807. The number of ether oxygens (including phenoxy) is 1. The van der Waals surface area contributed by atoms with Crippen molar-refractivity contribution in [3.63, 3.8) is 0 Å². The molecular formula is C20H16ClN5O2. The number of hydrogen-bond acceptors (Lipinski definition) is 5. The summed E-state index contributed by atoms with van der Waals surface area (Å²) in [4.78, 5) is 16.3. The fourth-order valence-corrected chi connectivity index (χ4v) is 2.89. The average molecular weight is 394 g/mol. The monoisotopic (exact) mass is 393 g/mol. The minimum absolute atomic E-state index is 0.168. The molecule has 7 nitrogen and oxygen atoms in total. The first-order valence-electron chi connectivity index (χ1n) is 8.50. The summed E-state index contributed by atoms with van der Waals surface area (Å²) in [6.45, 7) is 0.581. The van der Waals surface area contributed by atoms with Gasteiger partial charge in [-0.05, 0) is 35.9 Å². The van der Waals surface area contributed by atoms with Crippen molar-refractivity contribution >= 4 is 11.6 Å². The third-order valence-electron chi connectivity index (χ3n) is 4.24. The Morgan fingerprint density at radius 2 is 1.86 bits per heavy atom. The molecular weight excluding hydrogens is 378 g/mol. The molecule has 3 aromatic heterocycles. The summed E-state index contributed by atoms with van der Waals surface area (Å²) in [7, 11) is 1.64. The molecule has 0 amide bonds. The molecule has 0 aliphatic rings. The van der Waals surface area contributed by atoms with E-state index in [0.717, 1.165) is 16.9 Å². The van der Waals surface area contributed by atoms with E-state index in [0.29, 0.717) is 23.1 Å². The largest absolute Gasteiger partial charge is 0.497 e. The van der Waals surface area contributed by atoms with Gasteiger partial charge in [0.25, 0.3) is 5.56 Å². The Kier molecular flexibility index (Phi) is 4.90. The Hall–Kier alpha value is -3.45. The van der Waals surface area contributed by atoms with Gasteiger partial charge in [0, 0.05) is 17.8 Å². The summed E-state index contributed by atoms with van der Waals surface area (Å²) in [6, 6.07) is 14.4. The summed E-state index contributed by atoms with van der Waals surface area (Å²) >= 11 is 5.83. The molecule has 0 aliphatic heterocycles. The van der Waals surface area contributed by atoms with Crippen molar-refractivity contribution in [2.45, 2.75) is 6.54 Å². The first kappa shape index (κ1) is 17.9. The minimum Gasteiger partial charge on any atom is -0.497 e.